The van der Waals surface area contributed by atoms with Crippen LogP contribution in [0.25, 0.3) is 0 Å². The van der Waals surface area contributed by atoms with Gasteiger partial charge in [0.05, 0.1) is 10.3 Å². The first-order valence-corrected chi connectivity index (χ1v) is 9.25. The lowest BCUT2D eigenvalue weighted by Gasteiger charge is -2.28. The summed E-state index contributed by atoms with van der Waals surface area (Å²) in [6.07, 6.45) is 1.93. The van der Waals surface area contributed by atoms with Crippen molar-refractivity contribution in [1.29, 1.82) is 0 Å². The number of hydrogen-bond acceptors (Lipinski definition) is 4. The molecule has 0 radical (unpaired) electrons. The fourth-order valence-corrected chi connectivity index (χ4v) is 4.60. The molecule has 2 heterocycles. The highest BCUT2D eigenvalue weighted by Crippen LogP contribution is 2.34. The SMILES string of the molecule is CCCC1SCC(C(=O)NC(C)C)N1C(=O)c1cccs1. The molecule has 21 heavy (non-hydrogen) atoms. The summed E-state index contributed by atoms with van der Waals surface area (Å²) in [4.78, 5) is 27.6. The highest BCUT2D eigenvalue weighted by Gasteiger charge is 2.41. The van der Waals surface area contributed by atoms with Gasteiger partial charge in [-0.3, -0.25) is 9.59 Å². The zero-order valence-electron chi connectivity index (χ0n) is 12.7. The Labute approximate surface area is 134 Å². The van der Waals surface area contributed by atoms with Crippen LogP contribution >= 0.6 is 23.1 Å². The largest absolute Gasteiger partial charge is 0.352 e. The van der Waals surface area contributed by atoms with Gasteiger partial charge in [-0.15, -0.1) is 23.1 Å². The second-order valence-electron chi connectivity index (χ2n) is 5.45. The zero-order chi connectivity index (χ0) is 15.4. The highest BCUT2D eigenvalue weighted by atomic mass is 32.2. The molecule has 2 rings (SSSR count). The van der Waals surface area contributed by atoms with Gasteiger partial charge < -0.3 is 10.2 Å². The molecule has 4 nitrogen and oxygen atoms in total. The number of nitrogens with one attached hydrogen (secondary N) is 1. The molecule has 1 aliphatic rings. The van der Waals surface area contributed by atoms with Crippen molar-refractivity contribution >= 4 is 34.9 Å². The van der Waals surface area contributed by atoms with E-state index in [4.69, 9.17) is 0 Å². The molecule has 2 atom stereocenters. The van der Waals surface area contributed by atoms with E-state index in [0.717, 1.165) is 12.8 Å². The number of nitrogens with zero attached hydrogens (tertiary/aromatic N) is 1. The molecule has 0 aliphatic carbocycles. The van der Waals surface area contributed by atoms with Gasteiger partial charge in [0.25, 0.3) is 5.91 Å². The van der Waals surface area contributed by atoms with Crippen molar-refractivity contribution in [3.63, 3.8) is 0 Å². The molecule has 0 spiro atoms. The first kappa shape index (κ1) is 16.4. The minimum Gasteiger partial charge on any atom is -0.352 e. The van der Waals surface area contributed by atoms with Gasteiger partial charge in [-0.2, -0.15) is 0 Å². The number of carbonyl (C=O) groups is 2. The predicted octanol–water partition coefficient (Wildman–Crippen LogP) is 2.96. The second-order valence-corrected chi connectivity index (χ2v) is 7.60. The Morgan fingerprint density at radius 2 is 2.24 bits per heavy atom. The fraction of sp³-hybridized carbons (Fsp3) is 0.600. The Morgan fingerprint density at radius 1 is 1.48 bits per heavy atom. The normalized spacial score (nSPS) is 21.8. The summed E-state index contributed by atoms with van der Waals surface area (Å²) in [5.41, 5.74) is 0. The molecular weight excluding hydrogens is 304 g/mol. The summed E-state index contributed by atoms with van der Waals surface area (Å²) < 4.78 is 0. The van der Waals surface area contributed by atoms with Crippen LogP contribution in [0.4, 0.5) is 0 Å². The number of amides is 2. The number of rotatable bonds is 5. The first-order valence-electron chi connectivity index (χ1n) is 7.32. The van der Waals surface area contributed by atoms with Crippen molar-refractivity contribution in [2.45, 2.75) is 51.1 Å². The van der Waals surface area contributed by atoms with Gasteiger partial charge in [0.15, 0.2) is 0 Å². The van der Waals surface area contributed by atoms with Crippen molar-refractivity contribution < 1.29 is 9.59 Å². The highest BCUT2D eigenvalue weighted by molar-refractivity contribution is 8.00. The van der Waals surface area contributed by atoms with Crippen molar-refractivity contribution in [2.75, 3.05) is 5.75 Å². The minimum atomic E-state index is -0.358. The average molecular weight is 326 g/mol. The molecule has 1 fully saturated rings. The van der Waals surface area contributed by atoms with E-state index in [1.807, 2.05) is 31.4 Å². The third-order valence-electron chi connectivity index (χ3n) is 3.33. The molecule has 1 saturated heterocycles. The number of carbonyl (C=O) groups excluding carboxylic acids is 2. The van der Waals surface area contributed by atoms with Gasteiger partial charge in [-0.1, -0.05) is 19.4 Å². The Kier molecular flexibility index (Phi) is 5.70. The summed E-state index contributed by atoms with van der Waals surface area (Å²) in [6, 6.07) is 3.44. The lowest BCUT2D eigenvalue weighted by Crippen LogP contribution is -2.51. The molecule has 1 N–H and O–H groups in total. The summed E-state index contributed by atoms with van der Waals surface area (Å²) in [6.45, 7) is 5.99. The van der Waals surface area contributed by atoms with E-state index < -0.39 is 0 Å². The zero-order valence-corrected chi connectivity index (χ0v) is 14.3. The number of hydrogen-bond donors (Lipinski definition) is 1. The topological polar surface area (TPSA) is 49.4 Å². The van der Waals surface area contributed by atoms with Gasteiger partial charge in [0.1, 0.15) is 6.04 Å². The second kappa shape index (κ2) is 7.31. The van der Waals surface area contributed by atoms with Crippen LogP contribution in [-0.4, -0.2) is 39.9 Å². The van der Waals surface area contributed by atoms with E-state index in [1.54, 1.807) is 16.7 Å². The van der Waals surface area contributed by atoms with Crippen molar-refractivity contribution in [1.82, 2.24) is 10.2 Å². The Balaban J connectivity index is 2.20. The van der Waals surface area contributed by atoms with Crippen molar-refractivity contribution in [3.8, 4) is 0 Å². The van der Waals surface area contributed by atoms with Crippen molar-refractivity contribution in [2.24, 2.45) is 0 Å². The Hall–Kier alpha value is -1.01. The molecule has 6 heteroatoms. The van der Waals surface area contributed by atoms with Crippen LogP contribution in [0.5, 0.6) is 0 Å². The molecule has 2 unspecified atom stereocenters. The molecular formula is C15H22N2O2S2. The van der Waals surface area contributed by atoms with Crippen LogP contribution in [-0.2, 0) is 4.79 Å². The van der Waals surface area contributed by atoms with Crippen LogP contribution < -0.4 is 5.32 Å². The minimum absolute atomic E-state index is 0.0163. The van der Waals surface area contributed by atoms with Gasteiger partial charge in [0, 0.05) is 11.8 Å². The van der Waals surface area contributed by atoms with Crippen LogP contribution in [0.1, 0.15) is 43.3 Å². The molecule has 1 aliphatic heterocycles. The van der Waals surface area contributed by atoms with E-state index in [0.29, 0.717) is 10.6 Å². The predicted molar refractivity (Wildman–Crippen MR) is 88.7 cm³/mol. The van der Waals surface area contributed by atoms with Crippen LogP contribution in [0.15, 0.2) is 17.5 Å². The molecule has 0 aromatic carbocycles. The van der Waals surface area contributed by atoms with Crippen LogP contribution in [0, 0.1) is 0 Å². The lowest BCUT2D eigenvalue weighted by atomic mass is 10.2. The molecule has 1 aromatic heterocycles. The summed E-state index contributed by atoms with van der Waals surface area (Å²) in [5.74, 6) is 0.624. The van der Waals surface area contributed by atoms with E-state index in [-0.39, 0.29) is 29.3 Å². The number of thiophene rings is 1. The Morgan fingerprint density at radius 3 is 2.81 bits per heavy atom. The monoisotopic (exact) mass is 326 g/mol. The van der Waals surface area contributed by atoms with E-state index in [9.17, 15) is 9.59 Å². The smallest absolute Gasteiger partial charge is 0.265 e. The van der Waals surface area contributed by atoms with E-state index >= 15 is 0 Å². The van der Waals surface area contributed by atoms with E-state index in [1.165, 1.54) is 11.3 Å². The quantitative estimate of drug-likeness (QED) is 0.905. The van der Waals surface area contributed by atoms with Gasteiger partial charge in [-0.25, -0.2) is 0 Å². The lowest BCUT2D eigenvalue weighted by molar-refractivity contribution is -0.125. The van der Waals surface area contributed by atoms with E-state index in [2.05, 4.69) is 12.2 Å². The van der Waals surface area contributed by atoms with Crippen LogP contribution in [0.3, 0.4) is 0 Å². The molecule has 0 saturated carbocycles. The molecule has 0 bridgehead atoms. The Bertz CT molecular complexity index is 488. The number of thioether (sulfide) groups is 1. The third-order valence-corrected chi connectivity index (χ3v) is 5.54. The molecule has 1 aromatic rings. The fourth-order valence-electron chi connectivity index (χ4n) is 2.42. The third kappa shape index (κ3) is 3.80. The van der Waals surface area contributed by atoms with Crippen molar-refractivity contribution in [3.05, 3.63) is 22.4 Å². The molecule has 2 amide bonds. The first-order chi connectivity index (χ1) is 10.0. The van der Waals surface area contributed by atoms with Gasteiger partial charge in [-0.05, 0) is 31.7 Å². The average Bonchev–Trinajstić information content (AvgIpc) is 3.06. The molecule has 116 valence electrons. The maximum Gasteiger partial charge on any atom is 0.265 e. The standard InChI is InChI=1S/C15H22N2O2S2/c1-4-6-13-17(15(19)12-7-5-8-20-12)11(9-21-13)14(18)16-10(2)3/h5,7-8,10-11,13H,4,6,9H2,1-3H3,(H,16,18). The summed E-state index contributed by atoms with van der Waals surface area (Å²) in [7, 11) is 0. The van der Waals surface area contributed by atoms with Gasteiger partial charge >= 0.3 is 0 Å². The maximum atomic E-state index is 12.7. The van der Waals surface area contributed by atoms with Gasteiger partial charge in [0.2, 0.25) is 5.91 Å². The maximum absolute atomic E-state index is 12.7. The summed E-state index contributed by atoms with van der Waals surface area (Å²) in [5, 5.41) is 4.94. The van der Waals surface area contributed by atoms with Crippen LogP contribution in [0.2, 0.25) is 0 Å². The summed E-state index contributed by atoms with van der Waals surface area (Å²) >= 11 is 3.15.